The van der Waals surface area contributed by atoms with Crippen molar-refractivity contribution < 1.29 is 9.53 Å². The van der Waals surface area contributed by atoms with Crippen LogP contribution < -0.4 is 0 Å². The van der Waals surface area contributed by atoms with Gasteiger partial charge in [-0.25, -0.2) is 0 Å². The molecule has 0 aromatic carbocycles. The Morgan fingerprint density at radius 1 is 1.36 bits per heavy atom. The van der Waals surface area contributed by atoms with E-state index in [9.17, 15) is 4.79 Å². The summed E-state index contributed by atoms with van der Waals surface area (Å²) in [7, 11) is 1.64. The fraction of sp³-hybridized carbons (Fsp3) is 0.750. The fourth-order valence-electron chi connectivity index (χ4n) is 2.19. The van der Waals surface area contributed by atoms with Crippen molar-refractivity contribution in [2.45, 2.75) is 46.0 Å². The first kappa shape index (κ1) is 11.3. The van der Waals surface area contributed by atoms with Gasteiger partial charge in [0.1, 0.15) is 5.76 Å². The van der Waals surface area contributed by atoms with Gasteiger partial charge in [0, 0.05) is 17.9 Å². The summed E-state index contributed by atoms with van der Waals surface area (Å²) in [6.07, 6.45) is 5.35. The molecule has 14 heavy (non-hydrogen) atoms. The minimum absolute atomic E-state index is 0.270. The van der Waals surface area contributed by atoms with Gasteiger partial charge in [-0.1, -0.05) is 19.8 Å². The van der Waals surface area contributed by atoms with Crippen molar-refractivity contribution in [2.75, 3.05) is 7.11 Å². The van der Waals surface area contributed by atoms with Crippen molar-refractivity contribution in [2.24, 2.45) is 5.92 Å². The molecule has 0 aliphatic heterocycles. The summed E-state index contributed by atoms with van der Waals surface area (Å²) < 4.78 is 5.20. The molecule has 0 atom stereocenters. The Balaban J connectivity index is 2.71. The molecule has 0 bridgehead atoms. The largest absolute Gasteiger partial charge is 0.501 e. The second-order valence-corrected chi connectivity index (χ2v) is 3.95. The standard InChI is InChI=1S/C12H20O2/c1-4-11(14-3)9(2)12(13)10-7-5-6-8-10/h10H,4-8H2,1-3H3/b11-9-. The first-order chi connectivity index (χ1) is 6.70. The lowest BCUT2D eigenvalue weighted by Gasteiger charge is -2.12. The number of carbonyl (C=O) groups excluding carboxylic acids is 1. The molecule has 1 aliphatic rings. The smallest absolute Gasteiger partial charge is 0.164 e. The highest BCUT2D eigenvalue weighted by Crippen LogP contribution is 2.28. The molecule has 1 saturated carbocycles. The minimum atomic E-state index is 0.270. The highest BCUT2D eigenvalue weighted by Gasteiger charge is 2.25. The van der Waals surface area contributed by atoms with Gasteiger partial charge in [-0.05, 0) is 19.8 Å². The molecule has 0 aromatic rings. The Kier molecular flexibility index (Phi) is 4.18. The van der Waals surface area contributed by atoms with Gasteiger partial charge in [-0.2, -0.15) is 0 Å². The molecule has 1 aliphatic carbocycles. The maximum atomic E-state index is 12.0. The number of allylic oxidation sites excluding steroid dienone is 2. The highest BCUT2D eigenvalue weighted by molar-refractivity contribution is 5.97. The Hall–Kier alpha value is -0.790. The lowest BCUT2D eigenvalue weighted by molar-refractivity contribution is -0.119. The first-order valence-electron chi connectivity index (χ1n) is 5.48. The van der Waals surface area contributed by atoms with Crippen LogP contribution in [0.15, 0.2) is 11.3 Å². The van der Waals surface area contributed by atoms with Gasteiger partial charge >= 0.3 is 0 Å². The van der Waals surface area contributed by atoms with E-state index in [-0.39, 0.29) is 5.92 Å². The van der Waals surface area contributed by atoms with Crippen LogP contribution in [0.1, 0.15) is 46.0 Å². The fourth-order valence-corrected chi connectivity index (χ4v) is 2.19. The van der Waals surface area contributed by atoms with Gasteiger partial charge in [0.05, 0.1) is 7.11 Å². The molecule has 2 nitrogen and oxygen atoms in total. The van der Waals surface area contributed by atoms with Crippen LogP contribution in [0.25, 0.3) is 0 Å². The zero-order chi connectivity index (χ0) is 10.6. The molecule has 0 aromatic heterocycles. The van der Waals surface area contributed by atoms with Crippen LogP contribution in [-0.4, -0.2) is 12.9 Å². The van der Waals surface area contributed by atoms with Crippen molar-refractivity contribution in [3.05, 3.63) is 11.3 Å². The first-order valence-corrected chi connectivity index (χ1v) is 5.48. The Morgan fingerprint density at radius 3 is 2.36 bits per heavy atom. The average molecular weight is 196 g/mol. The lowest BCUT2D eigenvalue weighted by Crippen LogP contribution is -2.13. The Bertz CT molecular complexity index is 229. The van der Waals surface area contributed by atoms with Crippen LogP contribution in [0.4, 0.5) is 0 Å². The third-order valence-electron chi connectivity index (χ3n) is 3.08. The number of hydrogen-bond acceptors (Lipinski definition) is 2. The van der Waals surface area contributed by atoms with Crippen molar-refractivity contribution >= 4 is 5.78 Å². The van der Waals surface area contributed by atoms with Crippen molar-refractivity contribution in [1.82, 2.24) is 0 Å². The second-order valence-electron chi connectivity index (χ2n) is 3.95. The van der Waals surface area contributed by atoms with Crippen LogP contribution >= 0.6 is 0 Å². The topological polar surface area (TPSA) is 26.3 Å². The van der Waals surface area contributed by atoms with E-state index in [2.05, 4.69) is 0 Å². The average Bonchev–Trinajstić information content (AvgIpc) is 2.71. The number of hydrogen-bond donors (Lipinski definition) is 0. The van der Waals surface area contributed by atoms with E-state index in [0.717, 1.165) is 30.6 Å². The normalized spacial score (nSPS) is 19.4. The number of rotatable bonds is 4. The number of carbonyl (C=O) groups is 1. The molecule has 0 amide bonds. The number of methoxy groups -OCH3 is 1. The molecule has 1 rings (SSSR count). The summed E-state index contributed by atoms with van der Waals surface area (Å²) in [5.41, 5.74) is 0.835. The van der Waals surface area contributed by atoms with Gasteiger partial charge in [-0.15, -0.1) is 0 Å². The van der Waals surface area contributed by atoms with Crippen LogP contribution in [-0.2, 0) is 9.53 Å². The number of Topliss-reactive ketones (excluding diaryl/α,β-unsaturated/α-hetero) is 1. The number of ketones is 1. The Morgan fingerprint density at radius 2 is 1.93 bits per heavy atom. The SMILES string of the molecule is CC/C(OC)=C(\C)C(=O)C1CCCC1. The van der Waals surface area contributed by atoms with E-state index in [1.54, 1.807) is 7.11 Å². The van der Waals surface area contributed by atoms with Gasteiger partial charge in [-0.3, -0.25) is 4.79 Å². The molecule has 0 heterocycles. The van der Waals surface area contributed by atoms with Gasteiger partial charge in [0.15, 0.2) is 5.78 Å². The van der Waals surface area contributed by atoms with E-state index in [0.29, 0.717) is 5.78 Å². The number of ether oxygens (including phenoxy) is 1. The molecular weight excluding hydrogens is 176 g/mol. The summed E-state index contributed by atoms with van der Waals surface area (Å²) in [4.78, 5) is 12.0. The third-order valence-corrected chi connectivity index (χ3v) is 3.08. The molecule has 0 saturated heterocycles. The predicted octanol–water partition coefficient (Wildman–Crippen LogP) is 3.08. The van der Waals surface area contributed by atoms with E-state index < -0.39 is 0 Å². The lowest BCUT2D eigenvalue weighted by atomic mass is 9.96. The zero-order valence-electron chi connectivity index (χ0n) is 9.43. The Labute approximate surface area is 86.3 Å². The summed E-state index contributed by atoms with van der Waals surface area (Å²) in [6, 6.07) is 0. The van der Waals surface area contributed by atoms with Crippen LogP contribution in [0.5, 0.6) is 0 Å². The monoisotopic (exact) mass is 196 g/mol. The molecule has 0 radical (unpaired) electrons. The van der Waals surface area contributed by atoms with E-state index in [4.69, 9.17) is 4.74 Å². The van der Waals surface area contributed by atoms with Gasteiger partial charge < -0.3 is 4.74 Å². The maximum Gasteiger partial charge on any atom is 0.164 e. The van der Waals surface area contributed by atoms with Crippen molar-refractivity contribution in [1.29, 1.82) is 0 Å². The molecule has 1 fully saturated rings. The zero-order valence-corrected chi connectivity index (χ0v) is 9.43. The summed E-state index contributed by atoms with van der Waals surface area (Å²) in [6.45, 7) is 3.91. The minimum Gasteiger partial charge on any atom is -0.501 e. The maximum absolute atomic E-state index is 12.0. The quantitative estimate of drug-likeness (QED) is 0.510. The van der Waals surface area contributed by atoms with E-state index in [1.165, 1.54) is 12.8 Å². The van der Waals surface area contributed by atoms with Crippen LogP contribution in [0.2, 0.25) is 0 Å². The summed E-state index contributed by atoms with van der Waals surface area (Å²) >= 11 is 0. The molecule has 0 unspecified atom stereocenters. The van der Waals surface area contributed by atoms with Gasteiger partial charge in [0.2, 0.25) is 0 Å². The molecule has 2 heteroatoms. The molecule has 80 valence electrons. The molecule has 0 N–H and O–H groups in total. The van der Waals surface area contributed by atoms with Crippen LogP contribution in [0, 0.1) is 5.92 Å². The van der Waals surface area contributed by atoms with E-state index >= 15 is 0 Å². The second kappa shape index (κ2) is 5.18. The third kappa shape index (κ3) is 2.37. The van der Waals surface area contributed by atoms with E-state index in [1.807, 2.05) is 13.8 Å². The van der Waals surface area contributed by atoms with Crippen molar-refractivity contribution in [3.8, 4) is 0 Å². The van der Waals surface area contributed by atoms with Gasteiger partial charge in [0.25, 0.3) is 0 Å². The highest BCUT2D eigenvalue weighted by atomic mass is 16.5. The van der Waals surface area contributed by atoms with Crippen molar-refractivity contribution in [3.63, 3.8) is 0 Å². The molecule has 0 spiro atoms. The van der Waals surface area contributed by atoms with Crippen LogP contribution in [0.3, 0.4) is 0 Å². The summed E-state index contributed by atoms with van der Waals surface area (Å²) in [5, 5.41) is 0. The molecular formula is C12H20O2. The summed E-state index contributed by atoms with van der Waals surface area (Å²) in [5.74, 6) is 1.43. The predicted molar refractivity (Wildman–Crippen MR) is 57.0 cm³/mol.